The van der Waals surface area contributed by atoms with E-state index in [0.717, 1.165) is 19.3 Å². The minimum absolute atomic E-state index is 0.0441. The van der Waals surface area contributed by atoms with Crippen molar-refractivity contribution in [1.82, 2.24) is 5.32 Å². The fourth-order valence-electron chi connectivity index (χ4n) is 4.12. The Balaban J connectivity index is 1.83. The van der Waals surface area contributed by atoms with Crippen LogP contribution in [0.2, 0.25) is 0 Å². The van der Waals surface area contributed by atoms with Crippen LogP contribution in [0.15, 0.2) is 24.3 Å². The second kappa shape index (κ2) is 4.97. The van der Waals surface area contributed by atoms with Crippen LogP contribution >= 0.6 is 0 Å². The van der Waals surface area contributed by atoms with Gasteiger partial charge in [-0.05, 0) is 35.8 Å². The molecule has 1 aliphatic carbocycles. The van der Waals surface area contributed by atoms with E-state index in [9.17, 15) is 9.59 Å². The highest BCUT2D eigenvalue weighted by atomic mass is 16.2. The molecule has 0 radical (unpaired) electrons. The van der Waals surface area contributed by atoms with Crippen molar-refractivity contribution < 1.29 is 9.59 Å². The molecule has 2 amide bonds. The lowest BCUT2D eigenvalue weighted by molar-refractivity contribution is -0.171. The summed E-state index contributed by atoms with van der Waals surface area (Å²) < 4.78 is 0. The van der Waals surface area contributed by atoms with E-state index in [1.807, 2.05) is 0 Å². The Morgan fingerprint density at radius 1 is 1.24 bits per heavy atom. The van der Waals surface area contributed by atoms with Crippen molar-refractivity contribution in [3.63, 3.8) is 0 Å². The maximum atomic E-state index is 12.4. The maximum Gasteiger partial charge on any atom is 0.233 e. The molecule has 2 saturated heterocycles. The van der Waals surface area contributed by atoms with Gasteiger partial charge >= 0.3 is 0 Å². The molecular weight excluding hydrogens is 262 g/mol. The normalized spacial score (nSPS) is 31.0. The summed E-state index contributed by atoms with van der Waals surface area (Å²) in [6.07, 6.45) is 2.37. The number of nitrogens with one attached hydrogen (secondary N) is 1. The average Bonchev–Trinajstić information content (AvgIpc) is 2.42. The summed E-state index contributed by atoms with van der Waals surface area (Å²) in [6.45, 7) is 6.44. The van der Waals surface area contributed by atoms with Gasteiger partial charge in [-0.1, -0.05) is 51.5 Å². The molecular formula is C18H23NO2. The predicted octanol–water partition coefficient (Wildman–Crippen LogP) is 3.04. The van der Waals surface area contributed by atoms with Gasteiger partial charge < -0.3 is 0 Å². The van der Waals surface area contributed by atoms with Gasteiger partial charge in [0.2, 0.25) is 11.8 Å². The highest BCUT2D eigenvalue weighted by Gasteiger charge is 2.63. The lowest BCUT2D eigenvalue weighted by Crippen LogP contribution is -2.68. The zero-order valence-corrected chi connectivity index (χ0v) is 13.0. The largest absolute Gasteiger partial charge is 0.296 e. The van der Waals surface area contributed by atoms with E-state index < -0.39 is 0 Å². The van der Waals surface area contributed by atoms with Gasteiger partial charge in [-0.25, -0.2) is 0 Å². The molecule has 0 aromatic heterocycles. The van der Waals surface area contributed by atoms with Crippen molar-refractivity contribution in [3.05, 3.63) is 35.4 Å². The van der Waals surface area contributed by atoms with Gasteiger partial charge in [0, 0.05) is 5.92 Å². The van der Waals surface area contributed by atoms with Crippen LogP contribution in [0.4, 0.5) is 0 Å². The highest BCUT2D eigenvalue weighted by Crippen LogP contribution is 2.57. The Morgan fingerprint density at radius 2 is 1.90 bits per heavy atom. The van der Waals surface area contributed by atoms with Crippen LogP contribution in [0.5, 0.6) is 0 Å². The molecule has 3 aliphatic rings. The van der Waals surface area contributed by atoms with E-state index in [1.54, 1.807) is 0 Å². The number of piperidine rings is 2. The number of fused-ring (bicyclic) bond motifs is 2. The molecule has 1 aromatic rings. The van der Waals surface area contributed by atoms with E-state index in [2.05, 4.69) is 50.4 Å². The van der Waals surface area contributed by atoms with Crippen LogP contribution in [-0.2, 0) is 16.0 Å². The molecule has 2 bridgehead atoms. The van der Waals surface area contributed by atoms with Gasteiger partial charge in [0.25, 0.3) is 0 Å². The molecule has 1 aromatic carbocycles. The second-order valence-corrected chi connectivity index (χ2v) is 6.87. The topological polar surface area (TPSA) is 46.2 Å². The van der Waals surface area contributed by atoms with Gasteiger partial charge in [-0.3, -0.25) is 14.9 Å². The standard InChI is InChI=1S/C18H23NO2/c1-4-15-14-10-18(15,17(21)19-16(14)20)9-12-5-7-13(8-6-12)11(2)3/h5-8,11,14-15H,4,9-10H2,1-3H3,(H,19,20,21). The molecule has 0 spiro atoms. The van der Waals surface area contributed by atoms with E-state index in [1.165, 1.54) is 11.1 Å². The summed E-state index contributed by atoms with van der Waals surface area (Å²) in [7, 11) is 0. The van der Waals surface area contributed by atoms with Crippen molar-refractivity contribution in [3.8, 4) is 0 Å². The minimum atomic E-state index is -0.354. The first kappa shape index (κ1) is 14.3. The molecule has 3 nitrogen and oxygen atoms in total. The number of benzene rings is 1. The third-order valence-corrected chi connectivity index (χ3v) is 5.41. The van der Waals surface area contributed by atoms with Crippen molar-refractivity contribution >= 4 is 11.8 Å². The maximum absolute atomic E-state index is 12.4. The molecule has 1 N–H and O–H groups in total. The van der Waals surface area contributed by atoms with Crippen LogP contribution in [0, 0.1) is 17.3 Å². The first-order chi connectivity index (χ1) is 9.98. The Labute approximate surface area is 126 Å². The number of carbonyl (C=O) groups is 2. The molecule has 4 rings (SSSR count). The lowest BCUT2D eigenvalue weighted by Gasteiger charge is -2.56. The Hall–Kier alpha value is -1.64. The summed E-state index contributed by atoms with van der Waals surface area (Å²) in [6, 6.07) is 8.57. The van der Waals surface area contributed by atoms with Gasteiger partial charge in [-0.2, -0.15) is 0 Å². The summed E-state index contributed by atoms with van der Waals surface area (Å²) in [4.78, 5) is 24.2. The molecule has 2 heterocycles. The number of imide groups is 1. The third-order valence-electron chi connectivity index (χ3n) is 5.41. The zero-order chi connectivity index (χ0) is 15.2. The molecule has 1 saturated carbocycles. The number of hydrogen-bond acceptors (Lipinski definition) is 2. The summed E-state index contributed by atoms with van der Waals surface area (Å²) in [5.74, 6) is 0.647. The molecule has 3 heteroatoms. The van der Waals surface area contributed by atoms with Gasteiger partial charge in [0.1, 0.15) is 0 Å². The predicted molar refractivity (Wildman–Crippen MR) is 81.7 cm³/mol. The zero-order valence-electron chi connectivity index (χ0n) is 13.0. The summed E-state index contributed by atoms with van der Waals surface area (Å²) in [5.41, 5.74) is 2.16. The van der Waals surface area contributed by atoms with E-state index in [0.29, 0.717) is 5.92 Å². The van der Waals surface area contributed by atoms with Crippen LogP contribution in [0.25, 0.3) is 0 Å². The van der Waals surface area contributed by atoms with E-state index in [4.69, 9.17) is 0 Å². The van der Waals surface area contributed by atoms with E-state index >= 15 is 0 Å². The molecule has 3 fully saturated rings. The second-order valence-electron chi connectivity index (χ2n) is 6.87. The van der Waals surface area contributed by atoms with Crippen LogP contribution in [-0.4, -0.2) is 11.8 Å². The smallest absolute Gasteiger partial charge is 0.233 e. The third kappa shape index (κ3) is 2.10. The number of amides is 2. The molecule has 3 unspecified atom stereocenters. The van der Waals surface area contributed by atoms with Crippen molar-refractivity contribution in [2.45, 2.75) is 46.0 Å². The molecule has 2 aliphatic heterocycles. The van der Waals surface area contributed by atoms with Crippen molar-refractivity contribution in [2.24, 2.45) is 17.3 Å². The molecule has 112 valence electrons. The van der Waals surface area contributed by atoms with Crippen molar-refractivity contribution in [2.75, 3.05) is 0 Å². The lowest BCUT2D eigenvalue weighted by atomic mass is 9.48. The summed E-state index contributed by atoms with van der Waals surface area (Å²) >= 11 is 0. The Kier molecular flexibility index (Phi) is 3.39. The highest BCUT2D eigenvalue weighted by molar-refractivity contribution is 6.05. The minimum Gasteiger partial charge on any atom is -0.296 e. The number of carbonyl (C=O) groups excluding carboxylic acids is 2. The molecule has 3 atom stereocenters. The fourth-order valence-corrected chi connectivity index (χ4v) is 4.12. The Bertz CT molecular complexity index is 575. The average molecular weight is 285 g/mol. The van der Waals surface area contributed by atoms with E-state index in [-0.39, 0.29) is 29.1 Å². The first-order valence-electron chi connectivity index (χ1n) is 7.92. The summed E-state index contributed by atoms with van der Waals surface area (Å²) in [5, 5.41) is 2.56. The number of rotatable bonds is 4. The van der Waals surface area contributed by atoms with Crippen LogP contribution in [0.3, 0.4) is 0 Å². The number of hydrogen-bond donors (Lipinski definition) is 1. The fraction of sp³-hybridized carbons (Fsp3) is 0.556. The van der Waals surface area contributed by atoms with Crippen LogP contribution in [0.1, 0.15) is 50.7 Å². The Morgan fingerprint density at radius 3 is 2.43 bits per heavy atom. The quantitative estimate of drug-likeness (QED) is 0.864. The van der Waals surface area contributed by atoms with Gasteiger partial charge in [0.15, 0.2) is 0 Å². The van der Waals surface area contributed by atoms with Gasteiger partial charge in [-0.15, -0.1) is 0 Å². The van der Waals surface area contributed by atoms with Crippen molar-refractivity contribution in [1.29, 1.82) is 0 Å². The molecule has 21 heavy (non-hydrogen) atoms. The SMILES string of the molecule is CCC1C2CC1(Cc1ccc(C(C)C)cc1)C(=O)NC2=O. The first-order valence-corrected chi connectivity index (χ1v) is 7.92. The monoisotopic (exact) mass is 285 g/mol. The van der Waals surface area contributed by atoms with Gasteiger partial charge in [0.05, 0.1) is 5.41 Å². The van der Waals surface area contributed by atoms with Crippen LogP contribution < -0.4 is 5.32 Å².